The third kappa shape index (κ3) is 13.6. The van der Waals surface area contributed by atoms with E-state index >= 15 is 0 Å². The van der Waals surface area contributed by atoms with Crippen LogP contribution in [-0.2, 0) is 65.5 Å². The van der Waals surface area contributed by atoms with Gasteiger partial charge in [-0.3, -0.25) is 14.4 Å². The van der Waals surface area contributed by atoms with Crippen LogP contribution in [0, 0.1) is 6.92 Å². The molecule has 15 heteroatoms. The first-order valence-electron chi connectivity index (χ1n) is 22.4. The van der Waals surface area contributed by atoms with Gasteiger partial charge in [-0.1, -0.05) is 97.5 Å². The summed E-state index contributed by atoms with van der Waals surface area (Å²) in [4.78, 5) is 47.0. The number of rotatable bonds is 8. The number of carboxylic acid groups (broad SMARTS) is 1. The Hall–Kier alpha value is -6.85. The van der Waals surface area contributed by atoms with Gasteiger partial charge in [0.25, 0.3) is 0 Å². The molecule has 74 heavy (non-hydrogen) atoms. The van der Waals surface area contributed by atoms with Crippen LogP contribution in [0.5, 0.6) is 0 Å². The zero-order valence-corrected chi connectivity index (χ0v) is 44.8. The normalized spacial score (nSPS) is 10.4. The largest absolute Gasteiger partial charge is 0.481 e. The number of aromatic amines is 3. The first kappa shape index (κ1) is 56.4. The third-order valence-corrected chi connectivity index (χ3v) is 15.6. The smallest absolute Gasteiger partial charge is 0.310 e. The zero-order valence-electron chi connectivity index (χ0n) is 39.1. The van der Waals surface area contributed by atoms with Crippen LogP contribution in [0.4, 0.5) is 0 Å². The highest BCUT2D eigenvalue weighted by molar-refractivity contribution is 9.10. The van der Waals surface area contributed by atoms with Gasteiger partial charge in [-0.25, -0.2) is 0 Å². The molecule has 6 aromatic carbocycles. The maximum atomic E-state index is 11.6. The molecule has 0 aliphatic rings. The number of halogens is 1. The van der Waals surface area contributed by atoms with Gasteiger partial charge in [0.15, 0.2) is 0 Å². The Morgan fingerprint density at radius 1 is 0.514 bits per heavy atom. The van der Waals surface area contributed by atoms with Crippen LogP contribution >= 0.6 is 49.9 Å². The molecule has 0 amide bonds. The van der Waals surface area contributed by atoms with Gasteiger partial charge in [-0.05, 0) is 130 Å². The van der Waals surface area contributed by atoms with Crippen LogP contribution in [-0.4, -0.2) is 52.2 Å². The van der Waals surface area contributed by atoms with Crippen LogP contribution in [0.2, 0.25) is 0 Å². The molecule has 378 valence electrons. The number of hydrogen-bond donors (Lipinski definition) is 4. The maximum absolute atomic E-state index is 11.6. The molecule has 0 saturated carbocycles. The lowest BCUT2D eigenvalue weighted by Crippen LogP contribution is -2.03. The molecule has 4 N–H and O–H groups in total. The number of ether oxygens (including phenoxy) is 2. The van der Waals surface area contributed by atoms with Crippen LogP contribution in [0.3, 0.4) is 0 Å². The molecule has 12 rings (SSSR count). The van der Waals surface area contributed by atoms with Crippen LogP contribution in [0.25, 0.3) is 83.8 Å². The molecular formula is C59H54BrN3O6S5. The summed E-state index contributed by atoms with van der Waals surface area (Å²) in [6.45, 7) is 2.14. The Morgan fingerprint density at radius 3 is 1.30 bits per heavy atom. The quantitative estimate of drug-likeness (QED) is 0.110. The van der Waals surface area contributed by atoms with E-state index in [1.807, 2.05) is 60.1 Å². The van der Waals surface area contributed by atoms with Crippen molar-refractivity contribution in [3.8, 4) is 20.9 Å². The summed E-state index contributed by atoms with van der Waals surface area (Å²) in [5, 5.41) is 16.0. The molecule has 0 radical (unpaired) electrons. The van der Waals surface area contributed by atoms with E-state index in [9.17, 15) is 14.4 Å². The SMILES string of the molecule is C.C.COC(=O)Cc1c[nH]c2ccc(-c3cc4ccccc4s3)cc12.COC(=O)Cc1c[nH]c2ccc(Br)cc12.Cc1cc2ccccc2s1.O=C(O)Cc1c[nH]c2ccc(-c3cc4ccccc4s3)cc12.S=S. The second-order valence-electron chi connectivity index (χ2n) is 16.4. The van der Waals surface area contributed by atoms with Crippen LogP contribution < -0.4 is 0 Å². The molecule has 9 nitrogen and oxygen atoms in total. The van der Waals surface area contributed by atoms with Gasteiger partial charge in [0.2, 0.25) is 0 Å². The van der Waals surface area contributed by atoms with E-state index in [-0.39, 0.29) is 39.6 Å². The van der Waals surface area contributed by atoms with Crippen molar-refractivity contribution in [2.24, 2.45) is 0 Å². The number of hydrogen-bond acceptors (Lipinski definition) is 10. The van der Waals surface area contributed by atoms with Crippen molar-refractivity contribution in [2.75, 3.05) is 14.2 Å². The van der Waals surface area contributed by atoms with E-state index < -0.39 is 5.97 Å². The van der Waals surface area contributed by atoms with Crippen molar-refractivity contribution >= 4 is 153 Å². The van der Waals surface area contributed by atoms with Gasteiger partial charge in [0.1, 0.15) is 0 Å². The molecule has 0 spiro atoms. The van der Waals surface area contributed by atoms with Crippen molar-refractivity contribution < 1.29 is 29.0 Å². The number of H-pyrrole nitrogens is 3. The van der Waals surface area contributed by atoms with Gasteiger partial charge in [-0.2, -0.15) is 0 Å². The van der Waals surface area contributed by atoms with Gasteiger partial charge in [-0.15, -0.1) is 34.0 Å². The van der Waals surface area contributed by atoms with Gasteiger partial charge >= 0.3 is 17.9 Å². The number of esters is 2. The van der Waals surface area contributed by atoms with Crippen molar-refractivity contribution in [3.63, 3.8) is 0 Å². The third-order valence-electron chi connectivity index (χ3n) is 11.7. The van der Waals surface area contributed by atoms with E-state index in [0.29, 0.717) is 6.42 Å². The number of benzene rings is 6. The Morgan fingerprint density at radius 2 is 0.892 bits per heavy atom. The van der Waals surface area contributed by atoms with Gasteiger partial charge < -0.3 is 29.5 Å². The van der Waals surface area contributed by atoms with Gasteiger partial charge in [0.05, 0.1) is 33.5 Å². The molecule has 0 aliphatic heterocycles. The number of carboxylic acids is 1. The lowest BCUT2D eigenvalue weighted by molar-refractivity contribution is -0.140. The van der Waals surface area contributed by atoms with E-state index in [2.05, 4.69) is 174 Å². The Bertz CT molecular complexity index is 3740. The predicted molar refractivity (Wildman–Crippen MR) is 322 cm³/mol. The first-order chi connectivity index (χ1) is 35.0. The second-order valence-corrected chi connectivity index (χ2v) is 20.8. The Kier molecular flexibility index (Phi) is 20.1. The molecule has 0 bridgehead atoms. The average molecular weight is 1140 g/mol. The molecule has 0 saturated heterocycles. The number of fused-ring (bicyclic) bond motifs is 6. The monoisotopic (exact) mass is 1140 g/mol. The molecule has 0 aliphatic carbocycles. The summed E-state index contributed by atoms with van der Waals surface area (Å²) in [5.41, 5.74) is 8.08. The summed E-state index contributed by atoms with van der Waals surface area (Å²) in [7, 11) is 2.81. The molecule has 6 heterocycles. The van der Waals surface area contributed by atoms with Crippen LogP contribution in [0.1, 0.15) is 36.4 Å². The topological polar surface area (TPSA) is 137 Å². The van der Waals surface area contributed by atoms with Gasteiger partial charge in [0, 0.05) is 107 Å². The number of aliphatic carboxylic acids is 1. The summed E-state index contributed by atoms with van der Waals surface area (Å²) in [6.07, 6.45) is 6.13. The zero-order chi connectivity index (χ0) is 50.7. The highest BCUT2D eigenvalue weighted by Gasteiger charge is 2.13. The fraction of sp³-hybridized carbons (Fsp3) is 0.136. The minimum Gasteiger partial charge on any atom is -0.481 e. The molecule has 0 atom stereocenters. The van der Waals surface area contributed by atoms with Crippen molar-refractivity contribution in [3.05, 3.63) is 190 Å². The minimum atomic E-state index is -0.812. The number of aryl methyl sites for hydroxylation is 1. The summed E-state index contributed by atoms with van der Waals surface area (Å²) in [5.74, 6) is -1.26. The number of aromatic nitrogens is 3. The molecule has 12 aromatic rings. The minimum absolute atomic E-state index is 0. The van der Waals surface area contributed by atoms with Crippen LogP contribution in [0.15, 0.2) is 169 Å². The van der Waals surface area contributed by atoms with E-state index in [1.54, 1.807) is 28.9 Å². The lowest BCUT2D eigenvalue weighted by Gasteiger charge is -2.01. The van der Waals surface area contributed by atoms with E-state index in [4.69, 9.17) is 9.84 Å². The van der Waals surface area contributed by atoms with E-state index in [0.717, 1.165) is 59.4 Å². The number of carbonyl (C=O) groups excluding carboxylic acids is 2. The average Bonchev–Trinajstić information content (AvgIpc) is 4.28. The first-order valence-corrected chi connectivity index (χ1v) is 27.0. The Labute approximate surface area is 460 Å². The maximum Gasteiger partial charge on any atom is 0.310 e. The second kappa shape index (κ2) is 26.4. The fourth-order valence-electron chi connectivity index (χ4n) is 8.23. The summed E-state index contributed by atoms with van der Waals surface area (Å²) in [6, 6.07) is 50.2. The van der Waals surface area contributed by atoms with Crippen molar-refractivity contribution in [1.29, 1.82) is 0 Å². The standard InChI is InChI=1S/C19H15NO2S.C18H13NO2S.C11H10BrNO2.C9H8S.2CH4.S2/c1-22-19(21)10-14-11-20-16-7-6-13(8-15(14)16)18-9-12-4-2-3-5-17(12)23-18;20-18(21)9-13-10-19-15-6-5-12(7-14(13)15)17-8-11-3-1-2-4-16(11)22-17;1-15-11(14)4-7-6-13-10-3-2-8(12)5-9(7)10;1-7-6-8-4-2-3-5-9(8)10-7;;;1-2/h2-9,11,20H,10H2,1H3;1-8,10,19H,9H2,(H,20,21);2-3,5-6,13H,4H2,1H3;2-6H,1H3;2*1H4;. The van der Waals surface area contributed by atoms with E-state index in [1.165, 1.54) is 64.7 Å². The molecular weight excluding hydrogens is 1090 g/mol. The van der Waals surface area contributed by atoms with Crippen molar-refractivity contribution in [2.45, 2.75) is 41.0 Å². The number of methoxy groups -OCH3 is 2. The lowest BCUT2D eigenvalue weighted by atomic mass is 10.1. The molecule has 6 aromatic heterocycles. The Balaban J connectivity index is 0.000000163. The molecule has 0 fully saturated rings. The molecule has 0 unspecified atom stereocenters. The summed E-state index contributed by atoms with van der Waals surface area (Å²) >= 11 is 16.1. The fourth-order valence-corrected chi connectivity index (χ4v) is 11.6. The number of carbonyl (C=O) groups is 3. The highest BCUT2D eigenvalue weighted by Crippen LogP contribution is 2.37. The number of nitrogens with one attached hydrogen (secondary N) is 3. The van der Waals surface area contributed by atoms with Crippen molar-refractivity contribution in [1.82, 2.24) is 15.0 Å². The summed E-state index contributed by atoms with van der Waals surface area (Å²) < 4.78 is 14.3. The predicted octanol–water partition coefficient (Wildman–Crippen LogP) is 16.6. The highest BCUT2D eigenvalue weighted by atomic mass is 79.9. The number of thiophene rings is 3.